The van der Waals surface area contributed by atoms with Gasteiger partial charge in [-0.2, -0.15) is 0 Å². The summed E-state index contributed by atoms with van der Waals surface area (Å²) in [6.07, 6.45) is 0. The van der Waals surface area contributed by atoms with Gasteiger partial charge in [-0.3, -0.25) is 4.79 Å². The van der Waals surface area contributed by atoms with Gasteiger partial charge in [-0.15, -0.1) is 11.3 Å². The van der Waals surface area contributed by atoms with Crippen LogP contribution in [0.5, 0.6) is 0 Å². The van der Waals surface area contributed by atoms with Gasteiger partial charge in [0.15, 0.2) is 0 Å². The molecule has 0 radical (unpaired) electrons. The molecule has 3 nitrogen and oxygen atoms in total. The predicted octanol–water partition coefficient (Wildman–Crippen LogP) is 7.06. The normalized spacial score (nSPS) is 11.1. The molecule has 0 aliphatic rings. The number of hydrogen-bond donors (Lipinski definition) is 1. The van der Waals surface area contributed by atoms with Crippen molar-refractivity contribution in [1.82, 2.24) is 4.98 Å². The van der Waals surface area contributed by atoms with Crippen LogP contribution in [0.4, 0.5) is 5.69 Å². The molecule has 2 N–H and O–H groups in total. The van der Waals surface area contributed by atoms with Crippen LogP contribution >= 0.6 is 11.3 Å². The number of rotatable bonds is 4. The molecule has 4 heteroatoms. The Bertz CT molecular complexity index is 1450. The second-order valence-electron chi connectivity index (χ2n) is 7.94. The summed E-state index contributed by atoms with van der Waals surface area (Å²) in [5.74, 6) is -0.0612. The third-order valence-corrected chi connectivity index (χ3v) is 6.93. The molecule has 2 aromatic heterocycles. The molecule has 0 fully saturated rings. The van der Waals surface area contributed by atoms with Crippen molar-refractivity contribution in [2.75, 3.05) is 5.73 Å². The highest BCUT2D eigenvalue weighted by Gasteiger charge is 2.22. The fourth-order valence-electron chi connectivity index (χ4n) is 3.91. The molecule has 5 aromatic rings. The lowest BCUT2D eigenvalue weighted by molar-refractivity contribution is 0.104. The molecule has 0 aliphatic carbocycles. The summed E-state index contributed by atoms with van der Waals surface area (Å²) >= 11 is 1.37. The van der Waals surface area contributed by atoms with Gasteiger partial charge in [0.1, 0.15) is 9.71 Å². The van der Waals surface area contributed by atoms with Gasteiger partial charge in [0.2, 0.25) is 5.78 Å². The molecule has 0 bridgehead atoms. The zero-order chi connectivity index (χ0) is 22.2. The number of hydrogen-bond acceptors (Lipinski definition) is 4. The number of nitrogen functional groups attached to an aromatic ring is 1. The van der Waals surface area contributed by atoms with Crippen LogP contribution in [0, 0.1) is 13.8 Å². The van der Waals surface area contributed by atoms with E-state index in [1.54, 1.807) is 0 Å². The molecule has 156 valence electrons. The van der Waals surface area contributed by atoms with Gasteiger partial charge < -0.3 is 5.73 Å². The number of benzene rings is 3. The Morgan fingerprint density at radius 1 is 0.812 bits per heavy atom. The molecular formula is C28H22N2OS. The van der Waals surface area contributed by atoms with Crippen LogP contribution in [0.15, 0.2) is 84.9 Å². The Kier molecular flexibility index (Phi) is 5.08. The fourth-order valence-corrected chi connectivity index (χ4v) is 4.99. The Morgan fingerprint density at radius 3 is 2.12 bits per heavy atom. The van der Waals surface area contributed by atoms with Gasteiger partial charge in [0, 0.05) is 16.5 Å². The minimum atomic E-state index is -0.0612. The number of pyridine rings is 1. The monoisotopic (exact) mass is 434 g/mol. The van der Waals surface area contributed by atoms with Gasteiger partial charge in [0.25, 0.3) is 0 Å². The molecule has 0 saturated heterocycles. The van der Waals surface area contributed by atoms with E-state index in [-0.39, 0.29) is 5.78 Å². The maximum atomic E-state index is 13.4. The minimum Gasteiger partial charge on any atom is -0.397 e. The molecule has 0 unspecified atom stereocenters. The average molecular weight is 435 g/mol. The van der Waals surface area contributed by atoms with Gasteiger partial charge in [-0.1, -0.05) is 72.8 Å². The Hall–Kier alpha value is -3.76. The van der Waals surface area contributed by atoms with Crippen molar-refractivity contribution >= 4 is 33.0 Å². The summed E-state index contributed by atoms with van der Waals surface area (Å²) in [5.41, 5.74) is 13.9. The zero-order valence-corrected chi connectivity index (χ0v) is 18.7. The molecule has 0 saturated carbocycles. The van der Waals surface area contributed by atoms with Gasteiger partial charge >= 0.3 is 0 Å². The second-order valence-corrected chi connectivity index (χ2v) is 8.94. The molecule has 32 heavy (non-hydrogen) atoms. The Balaban J connectivity index is 1.75. The van der Waals surface area contributed by atoms with Crippen LogP contribution in [-0.4, -0.2) is 10.8 Å². The Morgan fingerprint density at radius 2 is 1.47 bits per heavy atom. The van der Waals surface area contributed by atoms with E-state index in [0.717, 1.165) is 43.7 Å². The first kappa shape index (κ1) is 20.2. The van der Waals surface area contributed by atoms with Crippen molar-refractivity contribution in [3.05, 3.63) is 106 Å². The summed E-state index contributed by atoms with van der Waals surface area (Å²) in [7, 11) is 0. The van der Waals surface area contributed by atoms with E-state index in [2.05, 4.69) is 18.2 Å². The number of aromatic nitrogens is 1. The fraction of sp³-hybridized carbons (Fsp3) is 0.0714. The number of nitrogens with zero attached hydrogens (tertiary/aromatic N) is 1. The van der Waals surface area contributed by atoms with Crippen molar-refractivity contribution < 1.29 is 4.79 Å². The van der Waals surface area contributed by atoms with Crippen molar-refractivity contribution in [2.45, 2.75) is 13.8 Å². The number of thiophene rings is 1. The molecular weight excluding hydrogens is 412 g/mol. The first-order valence-corrected chi connectivity index (χ1v) is 11.3. The summed E-state index contributed by atoms with van der Waals surface area (Å²) < 4.78 is 0. The highest BCUT2D eigenvalue weighted by Crippen LogP contribution is 2.42. The maximum Gasteiger partial charge on any atom is 0.205 e. The molecule has 0 amide bonds. The smallest absolute Gasteiger partial charge is 0.205 e. The van der Waals surface area contributed by atoms with E-state index < -0.39 is 0 Å². The standard InChI is InChI=1S/C28H22N2OS/c1-17-13-14-21(15-18(17)2)26(31)27-25(29)24-22(19-9-5-3-6-10-19)16-23(30-28(24)32-27)20-11-7-4-8-12-20/h3-16H,29H2,1-2H3. The molecule has 0 aliphatic heterocycles. The highest BCUT2D eigenvalue weighted by molar-refractivity contribution is 7.21. The van der Waals surface area contributed by atoms with E-state index >= 15 is 0 Å². The van der Waals surface area contributed by atoms with E-state index in [4.69, 9.17) is 10.7 Å². The quantitative estimate of drug-likeness (QED) is 0.308. The maximum absolute atomic E-state index is 13.4. The van der Waals surface area contributed by atoms with Crippen LogP contribution in [0.2, 0.25) is 0 Å². The lowest BCUT2D eigenvalue weighted by atomic mass is 9.98. The van der Waals surface area contributed by atoms with Crippen LogP contribution < -0.4 is 5.73 Å². The molecule has 0 spiro atoms. The number of fused-ring (bicyclic) bond motifs is 1. The lowest BCUT2D eigenvalue weighted by Crippen LogP contribution is -2.03. The SMILES string of the molecule is Cc1ccc(C(=O)c2sc3nc(-c4ccccc4)cc(-c4ccccc4)c3c2N)cc1C. The number of carbonyl (C=O) groups excluding carboxylic acids is 1. The van der Waals surface area contributed by atoms with Crippen LogP contribution in [-0.2, 0) is 0 Å². The first-order valence-electron chi connectivity index (χ1n) is 10.5. The number of aryl methyl sites for hydroxylation is 2. The van der Waals surface area contributed by atoms with Crippen LogP contribution in [0.25, 0.3) is 32.6 Å². The predicted molar refractivity (Wildman–Crippen MR) is 134 cm³/mol. The van der Waals surface area contributed by atoms with Crippen LogP contribution in [0.3, 0.4) is 0 Å². The number of carbonyl (C=O) groups is 1. The van der Waals surface area contributed by atoms with Gasteiger partial charge in [-0.05, 0) is 48.2 Å². The van der Waals surface area contributed by atoms with Crippen molar-refractivity contribution in [3.63, 3.8) is 0 Å². The Labute approximate surface area is 191 Å². The summed E-state index contributed by atoms with van der Waals surface area (Å²) in [6, 6.07) is 28.1. The van der Waals surface area contributed by atoms with E-state index in [0.29, 0.717) is 16.1 Å². The van der Waals surface area contributed by atoms with Crippen molar-refractivity contribution in [1.29, 1.82) is 0 Å². The van der Waals surface area contributed by atoms with Crippen LogP contribution in [0.1, 0.15) is 26.4 Å². The van der Waals surface area contributed by atoms with Crippen molar-refractivity contribution in [3.8, 4) is 22.4 Å². The average Bonchev–Trinajstić information content (AvgIpc) is 3.17. The third kappa shape index (κ3) is 3.49. The summed E-state index contributed by atoms with van der Waals surface area (Å²) in [5, 5.41) is 0.841. The topological polar surface area (TPSA) is 56.0 Å². The summed E-state index contributed by atoms with van der Waals surface area (Å²) in [4.78, 5) is 19.6. The van der Waals surface area contributed by atoms with Crippen molar-refractivity contribution in [2.24, 2.45) is 0 Å². The van der Waals surface area contributed by atoms with E-state index in [1.807, 2.05) is 80.6 Å². The second kappa shape index (κ2) is 8.06. The lowest BCUT2D eigenvalue weighted by Gasteiger charge is -2.09. The molecule has 2 heterocycles. The largest absolute Gasteiger partial charge is 0.397 e. The zero-order valence-electron chi connectivity index (χ0n) is 17.9. The molecule has 0 atom stereocenters. The molecule has 5 rings (SSSR count). The number of nitrogens with two attached hydrogens (primary N) is 1. The van der Waals surface area contributed by atoms with Gasteiger partial charge in [0.05, 0.1) is 11.4 Å². The van der Waals surface area contributed by atoms with Gasteiger partial charge in [-0.25, -0.2) is 4.98 Å². The third-order valence-electron chi connectivity index (χ3n) is 5.83. The summed E-state index contributed by atoms with van der Waals surface area (Å²) in [6.45, 7) is 4.06. The van der Waals surface area contributed by atoms with E-state index in [1.165, 1.54) is 11.3 Å². The molecule has 3 aromatic carbocycles. The van der Waals surface area contributed by atoms with E-state index in [9.17, 15) is 4.79 Å². The minimum absolute atomic E-state index is 0.0612. The first-order chi connectivity index (χ1) is 15.5. The number of anilines is 1. The number of ketones is 1. The highest BCUT2D eigenvalue weighted by atomic mass is 32.1.